The summed E-state index contributed by atoms with van der Waals surface area (Å²) in [6, 6.07) is 21.3. The Kier molecular flexibility index (Phi) is 14.6. The Morgan fingerprint density at radius 3 is 1.78 bits per heavy atom. The summed E-state index contributed by atoms with van der Waals surface area (Å²) in [5.41, 5.74) is 2.27. The van der Waals surface area contributed by atoms with Gasteiger partial charge >= 0.3 is 23.9 Å². The van der Waals surface area contributed by atoms with Crippen LogP contribution >= 0.6 is 0 Å². The van der Waals surface area contributed by atoms with E-state index >= 15 is 0 Å². The minimum absolute atomic E-state index is 0.000811. The summed E-state index contributed by atoms with van der Waals surface area (Å²) >= 11 is 0. The van der Waals surface area contributed by atoms with Crippen molar-refractivity contribution in [3.05, 3.63) is 103 Å². The molecule has 0 radical (unpaired) electrons. The summed E-state index contributed by atoms with van der Waals surface area (Å²) in [5, 5.41) is 0. The zero-order valence-corrected chi connectivity index (χ0v) is 25.9. The lowest BCUT2D eigenvalue weighted by molar-refractivity contribution is -0.144. The fourth-order valence-electron chi connectivity index (χ4n) is 4.01. The highest BCUT2D eigenvalue weighted by atomic mass is 16.6. The van der Waals surface area contributed by atoms with Crippen molar-refractivity contribution in [1.82, 2.24) is 0 Å². The third-order valence-corrected chi connectivity index (χ3v) is 6.52. The zero-order valence-electron chi connectivity index (χ0n) is 25.9. The van der Waals surface area contributed by atoms with E-state index in [0.717, 1.165) is 42.9 Å². The number of esters is 4. The molecule has 3 rings (SSSR count). The lowest BCUT2D eigenvalue weighted by Crippen LogP contribution is -2.15. The number of carbonyl (C=O) groups is 4. The second-order valence-corrected chi connectivity index (χ2v) is 9.94. The van der Waals surface area contributed by atoms with Crippen LogP contribution in [0.3, 0.4) is 0 Å². The van der Waals surface area contributed by atoms with Crippen LogP contribution in [-0.4, -0.2) is 57.4 Å². The smallest absolute Gasteiger partial charge is 0.343 e. The van der Waals surface area contributed by atoms with Gasteiger partial charge in [0.15, 0.2) is 0 Å². The highest BCUT2D eigenvalue weighted by Crippen LogP contribution is 2.25. The van der Waals surface area contributed by atoms with E-state index in [2.05, 4.69) is 17.9 Å². The molecular weight excluding hydrogens is 592 g/mol. The van der Waals surface area contributed by atoms with E-state index in [1.165, 1.54) is 7.11 Å². The molecule has 0 aromatic heterocycles. The quantitative estimate of drug-likeness (QED) is 0.0491. The first kappa shape index (κ1) is 35.1. The molecule has 0 aliphatic heterocycles. The van der Waals surface area contributed by atoms with Crippen LogP contribution in [0.2, 0.25) is 0 Å². The predicted octanol–water partition coefficient (Wildman–Crippen LogP) is 6.28. The van der Waals surface area contributed by atoms with Crippen molar-refractivity contribution in [2.45, 2.75) is 32.1 Å². The third-order valence-electron chi connectivity index (χ3n) is 6.52. The summed E-state index contributed by atoms with van der Waals surface area (Å²) < 4.78 is 31.4. The Morgan fingerprint density at radius 2 is 1.20 bits per heavy atom. The first-order valence-corrected chi connectivity index (χ1v) is 14.8. The largest absolute Gasteiger partial charge is 0.494 e. The van der Waals surface area contributed by atoms with Gasteiger partial charge in [-0.25, -0.2) is 14.4 Å². The molecule has 0 N–H and O–H groups in total. The molecule has 0 heterocycles. The van der Waals surface area contributed by atoms with E-state index in [0.29, 0.717) is 36.0 Å². The second kappa shape index (κ2) is 19.1. The third kappa shape index (κ3) is 12.3. The van der Waals surface area contributed by atoms with Crippen LogP contribution in [0.25, 0.3) is 11.1 Å². The minimum Gasteiger partial charge on any atom is -0.494 e. The van der Waals surface area contributed by atoms with Crippen molar-refractivity contribution >= 4 is 23.9 Å². The minimum atomic E-state index is -0.677. The van der Waals surface area contributed by atoms with E-state index in [4.69, 9.17) is 23.7 Å². The number of methoxy groups -OCH3 is 1. The number of hydrogen-bond acceptors (Lipinski definition) is 10. The van der Waals surface area contributed by atoms with Crippen molar-refractivity contribution in [2.75, 3.05) is 33.5 Å². The van der Waals surface area contributed by atoms with Crippen molar-refractivity contribution in [2.24, 2.45) is 0 Å². The molecule has 0 amide bonds. The van der Waals surface area contributed by atoms with Gasteiger partial charge in [-0.2, -0.15) is 0 Å². The van der Waals surface area contributed by atoms with Crippen LogP contribution in [0, 0.1) is 0 Å². The lowest BCUT2D eigenvalue weighted by Gasteiger charge is -2.10. The van der Waals surface area contributed by atoms with Crippen LogP contribution in [0.4, 0.5) is 0 Å². The van der Waals surface area contributed by atoms with Gasteiger partial charge < -0.3 is 28.4 Å². The fraction of sp³-hybridized carbons (Fsp3) is 0.278. The summed E-state index contributed by atoms with van der Waals surface area (Å²) in [7, 11) is 1.23. The molecular formula is C36H38O10. The number of hydrogen-bond donors (Lipinski definition) is 0. The standard InChI is InChI=1S/C36H38O10/c1-4-33(37)44-22-8-6-5-7-21-42-30-17-13-29(14-18-30)36(40)46-32-19-11-28(12-20-32)27-9-15-31(16-10-27)43-23-24-45-35(39)26(2)25-34(38)41-3/h4,9-20H,1-2,5-8,21-25H2,3H3. The van der Waals surface area contributed by atoms with Crippen LogP contribution in [0.5, 0.6) is 17.2 Å². The summed E-state index contributed by atoms with van der Waals surface area (Å²) in [6.07, 6.45) is 4.48. The van der Waals surface area contributed by atoms with Crippen molar-refractivity contribution in [1.29, 1.82) is 0 Å². The zero-order chi connectivity index (χ0) is 33.1. The van der Waals surface area contributed by atoms with Gasteiger partial charge in [0.05, 0.1) is 32.3 Å². The first-order chi connectivity index (χ1) is 22.3. The Labute approximate surface area is 268 Å². The monoisotopic (exact) mass is 630 g/mol. The molecule has 0 atom stereocenters. The number of carbonyl (C=O) groups excluding carboxylic acids is 4. The second-order valence-electron chi connectivity index (χ2n) is 9.94. The van der Waals surface area contributed by atoms with E-state index in [1.807, 2.05) is 24.3 Å². The molecule has 3 aromatic rings. The van der Waals surface area contributed by atoms with E-state index in [-0.39, 0.29) is 25.2 Å². The molecule has 0 saturated heterocycles. The Bertz CT molecular complexity index is 1460. The SMILES string of the molecule is C=CC(=O)OCCCCCCOc1ccc(C(=O)Oc2ccc(-c3ccc(OCCOC(=O)C(=C)CC(=O)OC)cc3)cc2)cc1. The van der Waals surface area contributed by atoms with Crippen molar-refractivity contribution < 1.29 is 47.6 Å². The molecule has 0 saturated carbocycles. The maximum Gasteiger partial charge on any atom is 0.343 e. The van der Waals surface area contributed by atoms with Crippen molar-refractivity contribution in [3.8, 4) is 28.4 Å². The van der Waals surface area contributed by atoms with Crippen LogP contribution in [-0.2, 0) is 28.6 Å². The topological polar surface area (TPSA) is 124 Å². The molecule has 3 aromatic carbocycles. The van der Waals surface area contributed by atoms with Crippen LogP contribution in [0.15, 0.2) is 97.6 Å². The van der Waals surface area contributed by atoms with Gasteiger partial charge in [-0.15, -0.1) is 0 Å². The van der Waals surface area contributed by atoms with Gasteiger partial charge in [0.25, 0.3) is 0 Å². The average Bonchev–Trinajstić information content (AvgIpc) is 3.08. The first-order valence-electron chi connectivity index (χ1n) is 14.8. The summed E-state index contributed by atoms with van der Waals surface area (Å²) in [5.74, 6) is -0.446. The van der Waals surface area contributed by atoms with E-state index in [1.54, 1.807) is 48.5 Å². The Hall–Kier alpha value is -5.38. The maximum atomic E-state index is 12.6. The normalized spacial score (nSPS) is 10.3. The highest BCUT2D eigenvalue weighted by molar-refractivity contribution is 5.93. The lowest BCUT2D eigenvalue weighted by atomic mass is 10.1. The molecule has 10 nitrogen and oxygen atoms in total. The van der Waals surface area contributed by atoms with Gasteiger partial charge in [-0.05, 0) is 85.3 Å². The molecule has 46 heavy (non-hydrogen) atoms. The molecule has 0 aliphatic carbocycles. The average molecular weight is 631 g/mol. The maximum absolute atomic E-state index is 12.6. The van der Waals surface area contributed by atoms with E-state index in [9.17, 15) is 19.2 Å². The van der Waals surface area contributed by atoms with Crippen LogP contribution in [0.1, 0.15) is 42.5 Å². The molecule has 0 aliphatic rings. The van der Waals surface area contributed by atoms with E-state index < -0.39 is 23.9 Å². The van der Waals surface area contributed by atoms with Crippen molar-refractivity contribution in [3.63, 3.8) is 0 Å². The number of rotatable bonds is 19. The fourth-order valence-corrected chi connectivity index (χ4v) is 4.01. The number of unbranched alkanes of at least 4 members (excludes halogenated alkanes) is 3. The molecule has 0 spiro atoms. The molecule has 0 unspecified atom stereocenters. The predicted molar refractivity (Wildman–Crippen MR) is 171 cm³/mol. The van der Waals surface area contributed by atoms with Gasteiger partial charge in [-0.3, -0.25) is 4.79 Å². The summed E-state index contributed by atoms with van der Waals surface area (Å²) in [4.78, 5) is 46.7. The van der Waals surface area contributed by atoms with Gasteiger partial charge in [0.1, 0.15) is 30.5 Å². The molecule has 0 fully saturated rings. The van der Waals surface area contributed by atoms with Gasteiger partial charge in [-0.1, -0.05) is 37.4 Å². The van der Waals surface area contributed by atoms with Crippen LogP contribution < -0.4 is 14.2 Å². The number of ether oxygens (including phenoxy) is 6. The van der Waals surface area contributed by atoms with Gasteiger partial charge in [0, 0.05) is 11.6 Å². The Balaban J connectivity index is 1.36. The molecule has 10 heteroatoms. The Morgan fingerprint density at radius 1 is 0.652 bits per heavy atom. The number of benzene rings is 3. The van der Waals surface area contributed by atoms with Gasteiger partial charge in [0.2, 0.25) is 0 Å². The summed E-state index contributed by atoms with van der Waals surface area (Å²) in [6.45, 7) is 7.95. The highest BCUT2D eigenvalue weighted by Gasteiger charge is 2.13. The molecule has 242 valence electrons. The molecule has 0 bridgehead atoms.